The van der Waals surface area contributed by atoms with Crippen molar-refractivity contribution in [2.24, 2.45) is 0 Å². The summed E-state index contributed by atoms with van der Waals surface area (Å²) in [6.45, 7) is 13.0. The van der Waals surface area contributed by atoms with E-state index in [1.54, 1.807) is 6.07 Å². The van der Waals surface area contributed by atoms with Gasteiger partial charge in [0, 0.05) is 23.6 Å². The largest absolute Gasteiger partial charge is 0.422 e. The second-order valence-corrected chi connectivity index (χ2v) is 15.0. The molecule has 0 bridgehead atoms. The minimum atomic E-state index is -1.93. The molecule has 0 spiro atoms. The van der Waals surface area contributed by atoms with Crippen LogP contribution in [0, 0.1) is 0 Å². The van der Waals surface area contributed by atoms with Crippen LogP contribution >= 0.6 is 0 Å². The molecular formula is C24H32N4O4Si. The van der Waals surface area contributed by atoms with E-state index in [0.29, 0.717) is 17.5 Å². The predicted octanol–water partition coefficient (Wildman–Crippen LogP) is 5.48. The number of hydrogen-bond acceptors (Lipinski definition) is 7. The molecule has 0 radical (unpaired) electrons. The van der Waals surface area contributed by atoms with Crippen LogP contribution in [0.15, 0.2) is 45.3 Å². The Kier molecular flexibility index (Phi) is 6.28. The number of carbonyl (C=O) groups excluding carboxylic acids is 1. The Bertz CT molecular complexity index is 1100. The minimum absolute atomic E-state index is 0.0315. The third-order valence-electron chi connectivity index (χ3n) is 6.71. The maximum atomic E-state index is 12.5. The van der Waals surface area contributed by atoms with Crippen molar-refractivity contribution in [2.75, 3.05) is 0 Å². The molecule has 1 fully saturated rings. The molecule has 1 aromatic carbocycles. The number of benzene rings is 1. The van der Waals surface area contributed by atoms with Crippen LogP contribution in [0.1, 0.15) is 74.9 Å². The van der Waals surface area contributed by atoms with Gasteiger partial charge in [0.15, 0.2) is 8.32 Å². The van der Waals surface area contributed by atoms with Crippen molar-refractivity contribution < 1.29 is 18.2 Å². The molecule has 1 atom stereocenters. The standard InChI is InChI=1S/C24H32N4O4Si/c1-15(32-33(5,6)24(2,3)4)22-26-27-23(30-22)17-12-18(13-17)25-21(29)20-14-19(28-31-20)16-10-8-7-9-11-16/h7-11,14-15,17-18H,12-13H2,1-6H3,(H,25,29). The van der Waals surface area contributed by atoms with Gasteiger partial charge in [0.2, 0.25) is 17.5 Å². The summed E-state index contributed by atoms with van der Waals surface area (Å²) < 4.78 is 17.5. The van der Waals surface area contributed by atoms with Gasteiger partial charge in [0.05, 0.1) is 0 Å². The van der Waals surface area contributed by atoms with E-state index in [-0.39, 0.29) is 34.8 Å². The lowest BCUT2D eigenvalue weighted by Crippen LogP contribution is -2.43. The summed E-state index contributed by atoms with van der Waals surface area (Å²) in [7, 11) is -1.93. The second-order valence-electron chi connectivity index (χ2n) is 10.3. The third kappa shape index (κ3) is 5.09. The molecule has 8 nitrogen and oxygen atoms in total. The predicted molar refractivity (Wildman–Crippen MR) is 126 cm³/mol. The van der Waals surface area contributed by atoms with Crippen LogP contribution in [0.25, 0.3) is 11.3 Å². The lowest BCUT2D eigenvalue weighted by molar-refractivity contribution is 0.0864. The molecule has 1 aliphatic carbocycles. The molecule has 1 unspecified atom stereocenters. The fourth-order valence-electron chi connectivity index (χ4n) is 3.57. The van der Waals surface area contributed by atoms with Crippen molar-refractivity contribution in [3.63, 3.8) is 0 Å². The van der Waals surface area contributed by atoms with E-state index < -0.39 is 8.32 Å². The Hall–Kier alpha value is -2.78. The lowest BCUT2D eigenvalue weighted by atomic mass is 9.80. The van der Waals surface area contributed by atoms with Crippen molar-refractivity contribution in [3.05, 3.63) is 53.9 Å². The highest BCUT2D eigenvalue weighted by molar-refractivity contribution is 6.74. The summed E-state index contributed by atoms with van der Waals surface area (Å²) in [5.74, 6) is 1.18. The van der Waals surface area contributed by atoms with Gasteiger partial charge < -0.3 is 18.7 Å². The first-order chi connectivity index (χ1) is 15.5. The first kappa shape index (κ1) is 23.4. The first-order valence-corrected chi connectivity index (χ1v) is 14.3. The molecule has 2 heterocycles. The van der Waals surface area contributed by atoms with E-state index in [1.807, 2.05) is 37.3 Å². The number of nitrogens with zero attached hydrogens (tertiary/aromatic N) is 3. The summed E-state index contributed by atoms with van der Waals surface area (Å²) in [4.78, 5) is 12.5. The lowest BCUT2D eigenvalue weighted by Gasteiger charge is -2.37. The summed E-state index contributed by atoms with van der Waals surface area (Å²) in [5, 5.41) is 15.6. The van der Waals surface area contributed by atoms with Crippen LogP contribution in [-0.4, -0.2) is 35.6 Å². The highest BCUT2D eigenvalue weighted by Gasteiger charge is 2.40. The van der Waals surface area contributed by atoms with Crippen molar-refractivity contribution in [1.29, 1.82) is 0 Å². The van der Waals surface area contributed by atoms with Gasteiger partial charge in [-0.3, -0.25) is 4.79 Å². The van der Waals surface area contributed by atoms with Crippen LogP contribution in [0.4, 0.5) is 0 Å². The van der Waals surface area contributed by atoms with Crippen molar-refractivity contribution in [2.45, 2.75) is 76.7 Å². The van der Waals surface area contributed by atoms with Gasteiger partial charge in [-0.05, 0) is 37.9 Å². The minimum Gasteiger partial charge on any atom is -0.422 e. The van der Waals surface area contributed by atoms with E-state index in [9.17, 15) is 4.79 Å². The van der Waals surface area contributed by atoms with Crippen molar-refractivity contribution >= 4 is 14.2 Å². The van der Waals surface area contributed by atoms with E-state index in [1.165, 1.54) is 0 Å². The highest BCUT2D eigenvalue weighted by atomic mass is 28.4. The number of nitrogens with one attached hydrogen (secondary N) is 1. The van der Waals surface area contributed by atoms with Gasteiger partial charge in [-0.15, -0.1) is 10.2 Å². The topological polar surface area (TPSA) is 103 Å². The molecule has 33 heavy (non-hydrogen) atoms. The average molecular weight is 469 g/mol. The first-order valence-electron chi connectivity index (χ1n) is 11.4. The SMILES string of the molecule is CC(O[Si](C)(C)C(C)(C)C)c1nnc(C2CC(NC(=O)c3cc(-c4ccccc4)no3)C2)o1. The molecule has 4 rings (SSSR count). The smallest absolute Gasteiger partial charge is 0.290 e. The number of aromatic nitrogens is 3. The maximum absolute atomic E-state index is 12.5. The van der Waals surface area contributed by atoms with Crippen molar-refractivity contribution in [3.8, 4) is 11.3 Å². The molecule has 0 aliphatic heterocycles. The molecule has 3 aromatic rings. The zero-order valence-electron chi connectivity index (χ0n) is 20.1. The molecule has 1 amide bonds. The molecule has 176 valence electrons. The molecule has 1 aliphatic rings. The maximum Gasteiger partial charge on any atom is 0.290 e. The summed E-state index contributed by atoms with van der Waals surface area (Å²) in [6, 6.07) is 11.3. The molecule has 2 aromatic heterocycles. The number of carbonyl (C=O) groups is 1. The molecule has 9 heteroatoms. The number of amides is 1. The molecular weight excluding hydrogens is 436 g/mol. The van der Waals surface area contributed by atoms with Crippen molar-refractivity contribution in [1.82, 2.24) is 20.7 Å². The Morgan fingerprint density at radius 1 is 1.18 bits per heavy atom. The molecule has 1 N–H and O–H groups in total. The van der Waals surface area contributed by atoms with E-state index >= 15 is 0 Å². The van der Waals surface area contributed by atoms with Gasteiger partial charge in [0.1, 0.15) is 11.8 Å². The third-order valence-corrected chi connectivity index (χ3v) is 11.3. The summed E-state index contributed by atoms with van der Waals surface area (Å²) in [6.07, 6.45) is 1.24. The zero-order valence-corrected chi connectivity index (χ0v) is 21.1. The van der Waals surface area contributed by atoms with E-state index in [2.05, 4.69) is 54.5 Å². The van der Waals surface area contributed by atoms with Gasteiger partial charge in [-0.25, -0.2) is 0 Å². The van der Waals surface area contributed by atoms with Gasteiger partial charge in [0.25, 0.3) is 5.91 Å². The van der Waals surface area contributed by atoms with Crippen LogP contribution in [0.3, 0.4) is 0 Å². The van der Waals surface area contributed by atoms with Crippen LogP contribution in [0.5, 0.6) is 0 Å². The van der Waals surface area contributed by atoms with E-state index in [4.69, 9.17) is 13.4 Å². The summed E-state index contributed by atoms with van der Waals surface area (Å²) >= 11 is 0. The van der Waals surface area contributed by atoms with E-state index in [0.717, 1.165) is 18.4 Å². The monoisotopic (exact) mass is 468 g/mol. The fourth-order valence-corrected chi connectivity index (χ4v) is 4.90. The Morgan fingerprint density at radius 2 is 1.88 bits per heavy atom. The van der Waals surface area contributed by atoms with Gasteiger partial charge in [-0.1, -0.05) is 56.3 Å². The fraction of sp³-hybridized carbons (Fsp3) is 0.500. The van der Waals surface area contributed by atoms with Gasteiger partial charge >= 0.3 is 0 Å². The zero-order chi connectivity index (χ0) is 23.8. The highest BCUT2D eigenvalue weighted by Crippen LogP contribution is 2.40. The van der Waals surface area contributed by atoms with Crippen LogP contribution < -0.4 is 5.32 Å². The second kappa shape index (κ2) is 8.87. The molecule has 1 saturated carbocycles. The van der Waals surface area contributed by atoms with Gasteiger partial charge in [-0.2, -0.15) is 0 Å². The normalized spacial score (nSPS) is 19.7. The Labute approximate surface area is 195 Å². The molecule has 0 saturated heterocycles. The number of rotatable bonds is 7. The Morgan fingerprint density at radius 3 is 2.55 bits per heavy atom. The number of hydrogen-bond donors (Lipinski definition) is 1. The average Bonchev–Trinajstić information content (AvgIpc) is 3.40. The quantitative estimate of drug-likeness (QED) is 0.458. The van der Waals surface area contributed by atoms with Crippen LogP contribution in [-0.2, 0) is 4.43 Å². The Balaban J connectivity index is 1.29. The summed E-state index contributed by atoms with van der Waals surface area (Å²) in [5.41, 5.74) is 1.54. The van der Waals surface area contributed by atoms with Crippen LogP contribution in [0.2, 0.25) is 18.1 Å².